The minimum Gasteiger partial charge on any atom is -0.192 e. The third-order valence-corrected chi connectivity index (χ3v) is 3.43. The van der Waals surface area contributed by atoms with Gasteiger partial charge in [-0.15, -0.1) is 0 Å². The molecule has 1 nitrogen and oxygen atoms in total. The van der Waals surface area contributed by atoms with Crippen molar-refractivity contribution in [3.8, 4) is 6.07 Å². The van der Waals surface area contributed by atoms with Crippen LogP contribution < -0.4 is 0 Å². The highest BCUT2D eigenvalue weighted by molar-refractivity contribution is 7.81. The lowest BCUT2D eigenvalue weighted by Gasteiger charge is -2.24. The average Bonchev–Trinajstić information content (AvgIpc) is 2.40. The molecule has 2 heteroatoms. The van der Waals surface area contributed by atoms with Crippen LogP contribution in [0, 0.1) is 11.3 Å². The van der Waals surface area contributed by atoms with Crippen molar-refractivity contribution < 1.29 is 0 Å². The highest BCUT2D eigenvalue weighted by atomic mass is 32.1. The summed E-state index contributed by atoms with van der Waals surface area (Å²) >= 11 is 4.75. The highest BCUT2D eigenvalue weighted by Gasteiger charge is 2.23. The van der Waals surface area contributed by atoms with Gasteiger partial charge in [0.15, 0.2) is 0 Å². The van der Waals surface area contributed by atoms with Crippen molar-refractivity contribution in [2.24, 2.45) is 0 Å². The third-order valence-electron chi connectivity index (χ3n) is 2.91. The van der Waals surface area contributed by atoms with Crippen molar-refractivity contribution in [1.29, 1.82) is 5.26 Å². The summed E-state index contributed by atoms with van der Waals surface area (Å²) in [7, 11) is 0. The Kier molecular flexibility index (Phi) is 3.21. The quantitative estimate of drug-likeness (QED) is 0.793. The predicted octanol–water partition coefficient (Wildman–Crippen LogP) is 3.75. The second-order valence-electron chi connectivity index (χ2n) is 4.13. The first kappa shape index (κ1) is 11.8. The van der Waals surface area contributed by atoms with Crippen molar-refractivity contribution in [3.05, 3.63) is 71.3 Å². The standard InChI is InChI=1S/C15H13NS/c1-15(17,13-5-3-2-4-6-13)14-9-7-12(11-16)8-10-14/h2-10,17H,1H3/t15-/m0/s1. The normalized spacial score (nSPS) is 13.7. The van der Waals surface area contributed by atoms with E-state index in [1.807, 2.05) is 42.5 Å². The summed E-state index contributed by atoms with van der Waals surface area (Å²) in [6, 6.07) is 19.8. The lowest BCUT2D eigenvalue weighted by atomic mass is 9.91. The van der Waals surface area contributed by atoms with Crippen LogP contribution in [-0.4, -0.2) is 0 Å². The van der Waals surface area contributed by atoms with Crippen LogP contribution in [0.1, 0.15) is 23.6 Å². The van der Waals surface area contributed by atoms with Crippen molar-refractivity contribution >= 4 is 12.6 Å². The van der Waals surface area contributed by atoms with Gasteiger partial charge >= 0.3 is 0 Å². The van der Waals surface area contributed by atoms with Crippen molar-refractivity contribution in [2.75, 3.05) is 0 Å². The second-order valence-corrected chi connectivity index (χ2v) is 5.02. The maximum absolute atomic E-state index is 8.78. The Balaban J connectivity index is 2.41. The Morgan fingerprint density at radius 1 is 0.941 bits per heavy atom. The zero-order valence-corrected chi connectivity index (χ0v) is 10.5. The fourth-order valence-electron chi connectivity index (χ4n) is 1.80. The number of nitriles is 1. The molecular weight excluding hydrogens is 226 g/mol. The molecule has 2 rings (SSSR count). The molecule has 0 aliphatic carbocycles. The Morgan fingerprint density at radius 2 is 1.47 bits per heavy atom. The molecule has 0 N–H and O–H groups in total. The van der Waals surface area contributed by atoms with Gasteiger partial charge < -0.3 is 0 Å². The molecule has 0 radical (unpaired) electrons. The van der Waals surface area contributed by atoms with E-state index in [4.69, 9.17) is 17.9 Å². The fourth-order valence-corrected chi connectivity index (χ4v) is 2.10. The van der Waals surface area contributed by atoms with Crippen LogP contribution in [0.2, 0.25) is 0 Å². The number of benzene rings is 2. The van der Waals surface area contributed by atoms with Gasteiger partial charge in [0.25, 0.3) is 0 Å². The van der Waals surface area contributed by atoms with Gasteiger partial charge in [0.05, 0.1) is 16.4 Å². The number of hydrogen-bond acceptors (Lipinski definition) is 2. The number of hydrogen-bond donors (Lipinski definition) is 1. The van der Waals surface area contributed by atoms with Crippen LogP contribution in [0.5, 0.6) is 0 Å². The molecule has 17 heavy (non-hydrogen) atoms. The molecule has 2 aromatic carbocycles. The average molecular weight is 239 g/mol. The van der Waals surface area contributed by atoms with Gasteiger partial charge in [-0.05, 0) is 30.2 Å². The van der Waals surface area contributed by atoms with Gasteiger partial charge in [0.2, 0.25) is 0 Å². The minimum atomic E-state index is -0.338. The summed E-state index contributed by atoms with van der Waals surface area (Å²) in [5, 5.41) is 8.78. The largest absolute Gasteiger partial charge is 0.192 e. The van der Waals surface area contributed by atoms with Gasteiger partial charge in [0, 0.05) is 0 Å². The zero-order valence-electron chi connectivity index (χ0n) is 9.59. The van der Waals surface area contributed by atoms with Gasteiger partial charge in [-0.25, -0.2) is 0 Å². The molecule has 1 atom stereocenters. The molecule has 0 aliphatic rings. The van der Waals surface area contributed by atoms with E-state index in [-0.39, 0.29) is 4.75 Å². The van der Waals surface area contributed by atoms with Crippen LogP contribution >= 0.6 is 12.6 Å². The van der Waals surface area contributed by atoms with Crippen LogP contribution in [-0.2, 0) is 4.75 Å². The van der Waals surface area contributed by atoms with E-state index in [1.54, 1.807) is 0 Å². The van der Waals surface area contributed by atoms with Crippen molar-refractivity contribution in [1.82, 2.24) is 0 Å². The molecule has 0 fully saturated rings. The Bertz CT molecular complexity index is 535. The summed E-state index contributed by atoms with van der Waals surface area (Å²) in [6.45, 7) is 2.06. The molecule has 84 valence electrons. The molecule has 0 saturated heterocycles. The van der Waals surface area contributed by atoms with E-state index in [9.17, 15) is 0 Å². The van der Waals surface area contributed by atoms with Gasteiger partial charge in [0.1, 0.15) is 0 Å². The summed E-state index contributed by atoms with van der Waals surface area (Å²) in [5.41, 5.74) is 2.91. The van der Waals surface area contributed by atoms with Crippen molar-refractivity contribution in [3.63, 3.8) is 0 Å². The number of thiol groups is 1. The summed E-state index contributed by atoms with van der Waals surface area (Å²) in [6.07, 6.45) is 0. The van der Waals surface area contributed by atoms with Gasteiger partial charge in [-0.2, -0.15) is 17.9 Å². The van der Waals surface area contributed by atoms with Crippen LogP contribution in [0.15, 0.2) is 54.6 Å². The second kappa shape index (κ2) is 4.65. The molecule has 0 saturated carbocycles. The van der Waals surface area contributed by atoms with E-state index in [1.165, 1.54) is 0 Å². The Labute approximate surface area is 107 Å². The lowest BCUT2D eigenvalue weighted by Crippen LogP contribution is -2.15. The first-order valence-electron chi connectivity index (χ1n) is 5.43. The molecule has 2 aromatic rings. The Hall–Kier alpha value is -1.72. The van der Waals surface area contributed by atoms with E-state index < -0.39 is 0 Å². The lowest BCUT2D eigenvalue weighted by molar-refractivity contribution is 0.848. The number of nitrogens with zero attached hydrogens (tertiary/aromatic N) is 1. The number of rotatable bonds is 2. The first-order chi connectivity index (χ1) is 8.14. The molecular formula is C15H13NS. The third kappa shape index (κ3) is 2.35. The molecule has 0 bridgehead atoms. The highest BCUT2D eigenvalue weighted by Crippen LogP contribution is 2.35. The van der Waals surface area contributed by atoms with E-state index in [2.05, 4.69) is 25.1 Å². The summed E-state index contributed by atoms with van der Waals surface area (Å²) < 4.78 is -0.338. The van der Waals surface area contributed by atoms with Crippen molar-refractivity contribution in [2.45, 2.75) is 11.7 Å². The molecule has 0 aliphatic heterocycles. The minimum absolute atomic E-state index is 0.338. The fraction of sp³-hybridized carbons (Fsp3) is 0.133. The monoisotopic (exact) mass is 239 g/mol. The first-order valence-corrected chi connectivity index (χ1v) is 5.88. The van der Waals surface area contributed by atoms with Crippen LogP contribution in [0.3, 0.4) is 0 Å². The van der Waals surface area contributed by atoms with E-state index >= 15 is 0 Å². The van der Waals surface area contributed by atoms with E-state index in [0.29, 0.717) is 5.56 Å². The molecule has 0 spiro atoms. The molecule has 0 unspecified atom stereocenters. The van der Waals surface area contributed by atoms with Crippen LogP contribution in [0.25, 0.3) is 0 Å². The topological polar surface area (TPSA) is 23.8 Å². The predicted molar refractivity (Wildman–Crippen MR) is 73.0 cm³/mol. The van der Waals surface area contributed by atoms with E-state index in [0.717, 1.165) is 11.1 Å². The summed E-state index contributed by atoms with van der Waals surface area (Å²) in [4.78, 5) is 0. The van der Waals surface area contributed by atoms with Crippen LogP contribution in [0.4, 0.5) is 0 Å². The summed E-state index contributed by atoms with van der Waals surface area (Å²) in [5.74, 6) is 0. The van der Waals surface area contributed by atoms with Gasteiger partial charge in [-0.1, -0.05) is 42.5 Å². The SMILES string of the molecule is C[C@](S)(c1ccccc1)c1ccc(C#N)cc1. The molecule has 0 heterocycles. The smallest absolute Gasteiger partial charge is 0.0991 e. The maximum atomic E-state index is 8.78. The zero-order chi connectivity index (χ0) is 12.3. The van der Waals surface area contributed by atoms with Gasteiger partial charge in [-0.3, -0.25) is 0 Å². The Morgan fingerprint density at radius 3 is 2.00 bits per heavy atom. The maximum Gasteiger partial charge on any atom is 0.0991 e. The molecule has 0 aromatic heterocycles. The molecule has 0 amide bonds.